The van der Waals surface area contributed by atoms with Crippen molar-refractivity contribution in [2.24, 2.45) is 0 Å². The fourth-order valence-corrected chi connectivity index (χ4v) is 2.49. The lowest BCUT2D eigenvalue weighted by Gasteiger charge is -2.09. The van der Waals surface area contributed by atoms with E-state index in [0.29, 0.717) is 25.4 Å². The third-order valence-corrected chi connectivity index (χ3v) is 3.93. The van der Waals surface area contributed by atoms with Crippen molar-refractivity contribution in [3.8, 4) is 11.4 Å². The molecule has 0 unspecified atom stereocenters. The van der Waals surface area contributed by atoms with Gasteiger partial charge >= 0.3 is 0 Å². The minimum Gasteiger partial charge on any atom is -0.383 e. The zero-order valence-corrected chi connectivity index (χ0v) is 14.9. The van der Waals surface area contributed by atoms with Gasteiger partial charge in [0.25, 0.3) is 0 Å². The molecule has 2 heterocycles. The van der Waals surface area contributed by atoms with Crippen LogP contribution in [0.3, 0.4) is 0 Å². The topological polar surface area (TPSA) is 92.9 Å². The second kappa shape index (κ2) is 8.88. The number of hydrogen-bond acceptors (Lipinski definition) is 6. The van der Waals surface area contributed by atoms with Gasteiger partial charge in [0.1, 0.15) is 5.82 Å². The van der Waals surface area contributed by atoms with Crippen molar-refractivity contribution in [3.05, 3.63) is 60.0 Å². The number of aryl methyl sites for hydroxylation is 2. The maximum Gasteiger partial charge on any atom is 0.227 e. The number of benzene rings is 1. The SMILES string of the molecule is Cc1cnccc1NCCNC(=O)CCc1nc(-c2ccccc2F)no1. The van der Waals surface area contributed by atoms with Gasteiger partial charge in [-0.1, -0.05) is 17.3 Å². The molecule has 1 amide bonds. The van der Waals surface area contributed by atoms with Crippen LogP contribution in [0.4, 0.5) is 10.1 Å². The lowest BCUT2D eigenvalue weighted by molar-refractivity contribution is -0.121. The number of pyridine rings is 1. The van der Waals surface area contributed by atoms with E-state index in [-0.39, 0.29) is 23.7 Å². The highest BCUT2D eigenvalue weighted by molar-refractivity contribution is 5.76. The molecule has 3 rings (SSSR count). The summed E-state index contributed by atoms with van der Waals surface area (Å²) in [4.78, 5) is 20.1. The van der Waals surface area contributed by atoms with Crippen LogP contribution >= 0.6 is 0 Å². The van der Waals surface area contributed by atoms with E-state index in [2.05, 4.69) is 25.8 Å². The van der Waals surface area contributed by atoms with Gasteiger partial charge in [0.05, 0.1) is 5.56 Å². The number of rotatable bonds is 8. The molecule has 0 aliphatic carbocycles. The highest BCUT2D eigenvalue weighted by atomic mass is 19.1. The number of anilines is 1. The van der Waals surface area contributed by atoms with E-state index in [1.807, 2.05) is 13.0 Å². The number of carbonyl (C=O) groups is 1. The first-order chi connectivity index (χ1) is 13.1. The molecule has 7 nitrogen and oxygen atoms in total. The Morgan fingerprint density at radius 3 is 2.89 bits per heavy atom. The Labute approximate surface area is 156 Å². The lowest BCUT2D eigenvalue weighted by Crippen LogP contribution is -2.29. The van der Waals surface area contributed by atoms with Crippen LogP contribution in [0.5, 0.6) is 0 Å². The molecule has 0 saturated heterocycles. The first-order valence-electron chi connectivity index (χ1n) is 8.62. The van der Waals surface area contributed by atoms with Crippen molar-refractivity contribution >= 4 is 11.6 Å². The monoisotopic (exact) mass is 369 g/mol. The molecule has 2 aromatic heterocycles. The molecule has 0 saturated carbocycles. The molecule has 0 aliphatic heterocycles. The molecule has 27 heavy (non-hydrogen) atoms. The zero-order chi connectivity index (χ0) is 19.1. The predicted octanol–water partition coefficient (Wildman–Crippen LogP) is 2.74. The van der Waals surface area contributed by atoms with Gasteiger partial charge in [-0.15, -0.1) is 0 Å². The second-order valence-corrected chi connectivity index (χ2v) is 5.96. The summed E-state index contributed by atoms with van der Waals surface area (Å²) in [5, 5.41) is 9.83. The first-order valence-corrected chi connectivity index (χ1v) is 8.62. The molecule has 2 N–H and O–H groups in total. The van der Waals surface area contributed by atoms with E-state index in [4.69, 9.17) is 4.52 Å². The zero-order valence-electron chi connectivity index (χ0n) is 14.9. The second-order valence-electron chi connectivity index (χ2n) is 5.96. The van der Waals surface area contributed by atoms with Crippen molar-refractivity contribution in [1.82, 2.24) is 20.4 Å². The van der Waals surface area contributed by atoms with Gasteiger partial charge in [0.15, 0.2) is 0 Å². The smallest absolute Gasteiger partial charge is 0.227 e. The van der Waals surface area contributed by atoms with Crippen LogP contribution in [0.25, 0.3) is 11.4 Å². The Morgan fingerprint density at radius 2 is 2.07 bits per heavy atom. The van der Waals surface area contributed by atoms with E-state index < -0.39 is 5.82 Å². The highest BCUT2D eigenvalue weighted by Gasteiger charge is 2.13. The maximum absolute atomic E-state index is 13.7. The van der Waals surface area contributed by atoms with Crippen LogP contribution < -0.4 is 10.6 Å². The average Bonchev–Trinajstić information content (AvgIpc) is 3.14. The van der Waals surface area contributed by atoms with Crippen LogP contribution in [0, 0.1) is 12.7 Å². The van der Waals surface area contributed by atoms with Crippen molar-refractivity contribution in [2.45, 2.75) is 19.8 Å². The minimum absolute atomic E-state index is 0.117. The van der Waals surface area contributed by atoms with Crippen molar-refractivity contribution < 1.29 is 13.7 Å². The fraction of sp³-hybridized carbons (Fsp3) is 0.263. The number of carbonyl (C=O) groups excluding carboxylic acids is 1. The van der Waals surface area contributed by atoms with Crippen molar-refractivity contribution in [1.29, 1.82) is 0 Å². The van der Waals surface area contributed by atoms with Gasteiger partial charge in [-0.3, -0.25) is 9.78 Å². The molecule has 3 aromatic rings. The number of hydrogen-bond donors (Lipinski definition) is 2. The Hall–Kier alpha value is -3.29. The molecule has 140 valence electrons. The van der Waals surface area contributed by atoms with Gasteiger partial charge in [0, 0.05) is 44.0 Å². The largest absolute Gasteiger partial charge is 0.383 e. The number of nitrogens with zero attached hydrogens (tertiary/aromatic N) is 3. The Bertz CT molecular complexity index is 912. The van der Waals surface area contributed by atoms with Gasteiger partial charge in [-0.05, 0) is 30.7 Å². The summed E-state index contributed by atoms with van der Waals surface area (Å²) in [6, 6.07) is 8.09. The molecule has 0 radical (unpaired) electrons. The summed E-state index contributed by atoms with van der Waals surface area (Å²) in [7, 11) is 0. The van der Waals surface area contributed by atoms with Crippen LogP contribution in [-0.4, -0.2) is 34.1 Å². The minimum atomic E-state index is -0.417. The van der Waals surface area contributed by atoms with Crippen molar-refractivity contribution in [2.75, 3.05) is 18.4 Å². The molecule has 0 atom stereocenters. The highest BCUT2D eigenvalue weighted by Crippen LogP contribution is 2.19. The predicted molar refractivity (Wildman–Crippen MR) is 98.5 cm³/mol. The van der Waals surface area contributed by atoms with Gasteiger partial charge in [0.2, 0.25) is 17.6 Å². The third kappa shape index (κ3) is 5.10. The summed E-state index contributed by atoms with van der Waals surface area (Å²) < 4.78 is 18.8. The Kier molecular flexibility index (Phi) is 6.09. The van der Waals surface area contributed by atoms with E-state index in [9.17, 15) is 9.18 Å². The Morgan fingerprint density at radius 1 is 1.22 bits per heavy atom. The summed E-state index contributed by atoms with van der Waals surface area (Å²) in [6.45, 7) is 3.06. The first kappa shape index (κ1) is 18.5. The summed E-state index contributed by atoms with van der Waals surface area (Å²) >= 11 is 0. The third-order valence-electron chi connectivity index (χ3n) is 3.93. The molecule has 8 heteroatoms. The van der Waals surface area contributed by atoms with E-state index in [0.717, 1.165) is 11.3 Å². The van der Waals surface area contributed by atoms with Gasteiger partial charge in [-0.2, -0.15) is 4.98 Å². The van der Waals surface area contributed by atoms with Crippen LogP contribution in [0.2, 0.25) is 0 Å². The molecule has 0 spiro atoms. The molecule has 0 aliphatic rings. The van der Waals surface area contributed by atoms with Gasteiger partial charge in [-0.25, -0.2) is 4.39 Å². The van der Waals surface area contributed by atoms with Crippen LogP contribution in [0.1, 0.15) is 17.9 Å². The molecule has 1 aromatic carbocycles. The summed E-state index contributed by atoms with van der Waals surface area (Å²) in [6.07, 6.45) is 4.01. The van der Waals surface area contributed by atoms with Gasteiger partial charge < -0.3 is 15.2 Å². The number of nitrogens with one attached hydrogen (secondary N) is 2. The standard InChI is InChI=1S/C19H20FN5O2/c1-13-12-21-9-8-16(13)22-10-11-23-17(26)6-7-18-24-19(25-27-18)14-4-2-3-5-15(14)20/h2-5,8-9,12H,6-7,10-11H2,1H3,(H,21,22)(H,23,26). The Balaban J connectivity index is 1.41. The average molecular weight is 369 g/mol. The van der Waals surface area contributed by atoms with E-state index >= 15 is 0 Å². The molecular weight excluding hydrogens is 349 g/mol. The van der Waals surface area contributed by atoms with E-state index in [1.54, 1.807) is 30.6 Å². The normalized spacial score (nSPS) is 10.6. The van der Waals surface area contributed by atoms with Crippen LogP contribution in [0.15, 0.2) is 47.2 Å². The maximum atomic E-state index is 13.7. The summed E-state index contributed by atoms with van der Waals surface area (Å²) in [5.41, 5.74) is 2.31. The molecule has 0 fully saturated rings. The van der Waals surface area contributed by atoms with Crippen LogP contribution in [-0.2, 0) is 11.2 Å². The van der Waals surface area contributed by atoms with Crippen molar-refractivity contribution in [3.63, 3.8) is 0 Å². The number of amides is 1. The quantitative estimate of drug-likeness (QED) is 0.593. The number of aromatic nitrogens is 3. The van der Waals surface area contributed by atoms with E-state index in [1.165, 1.54) is 6.07 Å². The fourth-order valence-electron chi connectivity index (χ4n) is 2.49. The number of halogens is 1. The summed E-state index contributed by atoms with van der Waals surface area (Å²) in [5.74, 6) is -0.0530. The molecular formula is C19H20FN5O2. The molecule has 0 bridgehead atoms. The lowest BCUT2D eigenvalue weighted by atomic mass is 10.2.